The van der Waals surface area contributed by atoms with Gasteiger partial charge in [0, 0.05) is 24.8 Å². The molecule has 0 aliphatic carbocycles. The Balaban J connectivity index is 2.00. The van der Waals surface area contributed by atoms with E-state index in [1.807, 2.05) is 31.2 Å². The molecule has 2 aromatic rings. The van der Waals surface area contributed by atoms with Gasteiger partial charge in [-0.15, -0.1) is 0 Å². The third-order valence-corrected chi connectivity index (χ3v) is 2.83. The zero-order valence-corrected chi connectivity index (χ0v) is 11.1. The number of methoxy groups -OCH3 is 1. The van der Waals surface area contributed by atoms with Crippen molar-refractivity contribution in [3.8, 4) is 5.75 Å². The lowest BCUT2D eigenvalue weighted by Gasteiger charge is -2.08. The molecule has 1 N–H and O–H groups in total. The van der Waals surface area contributed by atoms with E-state index >= 15 is 0 Å². The van der Waals surface area contributed by atoms with Gasteiger partial charge in [-0.1, -0.05) is 18.2 Å². The van der Waals surface area contributed by atoms with Gasteiger partial charge in [-0.05, 0) is 19.1 Å². The van der Waals surface area contributed by atoms with Crippen LogP contribution in [0.5, 0.6) is 5.75 Å². The number of ether oxygens (including phenoxy) is 1. The average Bonchev–Trinajstić information content (AvgIpc) is 2.94. The third-order valence-electron chi connectivity index (χ3n) is 2.83. The Labute approximate surface area is 112 Å². The third kappa shape index (κ3) is 3.13. The van der Waals surface area contributed by atoms with Crippen molar-refractivity contribution in [2.24, 2.45) is 0 Å². The van der Waals surface area contributed by atoms with Crippen molar-refractivity contribution in [2.75, 3.05) is 7.11 Å². The minimum Gasteiger partial charge on any atom is -0.496 e. The first-order chi connectivity index (χ1) is 9.24. The van der Waals surface area contributed by atoms with Crippen LogP contribution < -0.4 is 10.1 Å². The van der Waals surface area contributed by atoms with Crippen molar-refractivity contribution in [1.29, 1.82) is 0 Å². The number of aromatic nitrogens is 2. The number of nitrogens with one attached hydrogen (secondary N) is 1. The first kappa shape index (κ1) is 13.1. The van der Waals surface area contributed by atoms with Crippen molar-refractivity contribution in [3.63, 3.8) is 0 Å². The number of para-hydroxylation sites is 1. The summed E-state index contributed by atoms with van der Waals surface area (Å²) in [5, 5.41) is 6.99. The number of aryl methyl sites for hydroxylation is 1. The van der Waals surface area contributed by atoms with Crippen LogP contribution in [0.15, 0.2) is 36.5 Å². The Morgan fingerprint density at radius 2 is 2.16 bits per heavy atom. The summed E-state index contributed by atoms with van der Waals surface area (Å²) in [7, 11) is 1.61. The summed E-state index contributed by atoms with van der Waals surface area (Å²) in [6, 6.07) is 9.31. The van der Waals surface area contributed by atoms with Crippen molar-refractivity contribution in [2.45, 2.75) is 20.0 Å². The second-order valence-corrected chi connectivity index (χ2v) is 4.05. The highest BCUT2D eigenvalue weighted by atomic mass is 16.5. The van der Waals surface area contributed by atoms with Gasteiger partial charge >= 0.3 is 0 Å². The molecule has 0 atom stereocenters. The quantitative estimate of drug-likeness (QED) is 0.891. The van der Waals surface area contributed by atoms with Gasteiger partial charge in [0.25, 0.3) is 5.91 Å². The molecule has 1 heterocycles. The molecule has 0 saturated carbocycles. The van der Waals surface area contributed by atoms with Gasteiger partial charge in [-0.2, -0.15) is 5.10 Å². The molecule has 0 spiro atoms. The number of rotatable bonds is 5. The SMILES string of the molecule is CCn1ccc(C(=O)NCc2ccccc2OC)n1. The molecule has 0 unspecified atom stereocenters. The van der Waals surface area contributed by atoms with Crippen LogP contribution in [0.25, 0.3) is 0 Å². The summed E-state index contributed by atoms with van der Waals surface area (Å²) in [6.45, 7) is 3.14. The van der Waals surface area contributed by atoms with Crippen LogP contribution in [0.1, 0.15) is 23.0 Å². The summed E-state index contributed by atoms with van der Waals surface area (Å²) >= 11 is 0. The first-order valence-corrected chi connectivity index (χ1v) is 6.18. The lowest BCUT2D eigenvalue weighted by molar-refractivity contribution is 0.0945. The maximum atomic E-state index is 11.9. The van der Waals surface area contributed by atoms with Crippen LogP contribution >= 0.6 is 0 Å². The fourth-order valence-electron chi connectivity index (χ4n) is 1.77. The van der Waals surface area contributed by atoms with Crippen LogP contribution in [0.3, 0.4) is 0 Å². The molecule has 0 radical (unpaired) electrons. The van der Waals surface area contributed by atoms with Crippen molar-refractivity contribution in [1.82, 2.24) is 15.1 Å². The molecule has 19 heavy (non-hydrogen) atoms. The van der Waals surface area contributed by atoms with E-state index in [1.165, 1.54) is 0 Å². The van der Waals surface area contributed by atoms with Crippen LogP contribution in [0.4, 0.5) is 0 Å². The van der Waals surface area contributed by atoms with Gasteiger partial charge in [0.05, 0.1) is 7.11 Å². The number of carbonyl (C=O) groups is 1. The molecular formula is C14H17N3O2. The highest BCUT2D eigenvalue weighted by molar-refractivity contribution is 5.92. The van der Waals surface area contributed by atoms with E-state index in [2.05, 4.69) is 10.4 Å². The zero-order chi connectivity index (χ0) is 13.7. The fourth-order valence-corrected chi connectivity index (χ4v) is 1.77. The maximum absolute atomic E-state index is 11.9. The number of amides is 1. The normalized spacial score (nSPS) is 10.2. The number of nitrogens with zero attached hydrogens (tertiary/aromatic N) is 2. The molecule has 2 rings (SSSR count). The predicted molar refractivity (Wildman–Crippen MR) is 72.1 cm³/mol. The predicted octanol–water partition coefficient (Wildman–Crippen LogP) is 1.84. The molecule has 0 saturated heterocycles. The fraction of sp³-hybridized carbons (Fsp3) is 0.286. The minimum absolute atomic E-state index is 0.182. The van der Waals surface area contributed by atoms with Crippen molar-refractivity contribution in [3.05, 3.63) is 47.8 Å². The lowest BCUT2D eigenvalue weighted by atomic mass is 10.2. The van der Waals surface area contributed by atoms with Crippen molar-refractivity contribution < 1.29 is 9.53 Å². The molecule has 5 heteroatoms. The second-order valence-electron chi connectivity index (χ2n) is 4.05. The number of carbonyl (C=O) groups excluding carboxylic acids is 1. The Kier molecular flexibility index (Phi) is 4.18. The van der Waals surface area contributed by atoms with E-state index in [1.54, 1.807) is 24.1 Å². The van der Waals surface area contributed by atoms with Gasteiger partial charge in [0.15, 0.2) is 0 Å². The summed E-state index contributed by atoms with van der Waals surface area (Å²) in [6.07, 6.45) is 1.79. The molecule has 5 nitrogen and oxygen atoms in total. The van der Waals surface area contributed by atoms with E-state index in [4.69, 9.17) is 4.74 Å². The summed E-state index contributed by atoms with van der Waals surface area (Å²) in [5.41, 5.74) is 1.37. The van der Waals surface area contributed by atoms with Gasteiger partial charge < -0.3 is 10.1 Å². The molecule has 1 aromatic carbocycles. The highest BCUT2D eigenvalue weighted by Crippen LogP contribution is 2.16. The smallest absolute Gasteiger partial charge is 0.272 e. The molecular weight excluding hydrogens is 242 g/mol. The molecule has 0 aliphatic heterocycles. The molecule has 100 valence electrons. The second kappa shape index (κ2) is 6.04. The van der Waals surface area contributed by atoms with Gasteiger partial charge in [0.2, 0.25) is 0 Å². The molecule has 0 fully saturated rings. The summed E-state index contributed by atoms with van der Waals surface area (Å²) in [4.78, 5) is 11.9. The number of hydrogen-bond acceptors (Lipinski definition) is 3. The van der Waals surface area contributed by atoms with Crippen LogP contribution in [0.2, 0.25) is 0 Å². The Morgan fingerprint density at radius 1 is 1.37 bits per heavy atom. The maximum Gasteiger partial charge on any atom is 0.272 e. The van der Waals surface area contributed by atoms with E-state index in [-0.39, 0.29) is 5.91 Å². The Hall–Kier alpha value is -2.30. The Morgan fingerprint density at radius 3 is 2.84 bits per heavy atom. The molecule has 0 aliphatic rings. The van der Waals surface area contributed by atoms with Crippen molar-refractivity contribution >= 4 is 5.91 Å². The number of hydrogen-bond donors (Lipinski definition) is 1. The standard InChI is InChI=1S/C14H17N3O2/c1-3-17-9-8-12(16-17)14(18)15-10-11-6-4-5-7-13(11)19-2/h4-9H,3,10H2,1-2H3,(H,15,18). The van der Waals surface area contributed by atoms with Gasteiger partial charge in [-0.3, -0.25) is 9.48 Å². The van der Waals surface area contributed by atoms with Crippen LogP contribution in [-0.4, -0.2) is 22.8 Å². The lowest BCUT2D eigenvalue weighted by Crippen LogP contribution is -2.23. The molecule has 0 bridgehead atoms. The van der Waals surface area contributed by atoms with E-state index < -0.39 is 0 Å². The zero-order valence-electron chi connectivity index (χ0n) is 11.1. The monoisotopic (exact) mass is 259 g/mol. The topological polar surface area (TPSA) is 56.2 Å². The average molecular weight is 259 g/mol. The first-order valence-electron chi connectivity index (χ1n) is 6.18. The summed E-state index contributed by atoms with van der Waals surface area (Å²) in [5.74, 6) is 0.583. The van der Waals surface area contributed by atoms with E-state index in [9.17, 15) is 4.79 Å². The number of benzene rings is 1. The minimum atomic E-state index is -0.182. The van der Waals surface area contributed by atoms with E-state index in [0.717, 1.165) is 17.9 Å². The molecule has 1 amide bonds. The largest absolute Gasteiger partial charge is 0.496 e. The Bertz CT molecular complexity index is 563. The highest BCUT2D eigenvalue weighted by Gasteiger charge is 2.09. The van der Waals surface area contributed by atoms with Crippen LogP contribution in [-0.2, 0) is 13.1 Å². The van der Waals surface area contributed by atoms with E-state index in [0.29, 0.717) is 12.2 Å². The van der Waals surface area contributed by atoms with Gasteiger partial charge in [-0.25, -0.2) is 0 Å². The summed E-state index contributed by atoms with van der Waals surface area (Å²) < 4.78 is 6.95. The van der Waals surface area contributed by atoms with Gasteiger partial charge in [0.1, 0.15) is 11.4 Å². The van der Waals surface area contributed by atoms with Crippen LogP contribution in [0, 0.1) is 0 Å². The molecule has 1 aromatic heterocycles.